The third kappa shape index (κ3) is 3.97. The van der Waals surface area contributed by atoms with Crippen LogP contribution < -0.4 is 5.32 Å². The minimum atomic E-state index is -0.0267. The molecule has 14 heavy (non-hydrogen) atoms. The molecule has 0 atom stereocenters. The summed E-state index contributed by atoms with van der Waals surface area (Å²) in [5.41, 5.74) is 0. The molecule has 0 saturated heterocycles. The molecule has 0 heterocycles. The van der Waals surface area contributed by atoms with E-state index in [-0.39, 0.29) is 6.10 Å². The van der Waals surface area contributed by atoms with Crippen LogP contribution in [0.5, 0.6) is 0 Å². The summed E-state index contributed by atoms with van der Waals surface area (Å²) in [6, 6.07) is 0.666. The fraction of sp³-hybridized carbons (Fsp3) is 1.00. The lowest BCUT2D eigenvalue weighted by molar-refractivity contribution is 0.115. The van der Waals surface area contributed by atoms with Crippen molar-refractivity contribution in [3.8, 4) is 0 Å². The van der Waals surface area contributed by atoms with Gasteiger partial charge in [0.2, 0.25) is 0 Å². The maximum absolute atomic E-state index is 9.37. The number of aliphatic hydroxyl groups excluding tert-OH is 1. The van der Waals surface area contributed by atoms with Crippen LogP contribution in [-0.4, -0.2) is 23.8 Å². The molecular formula is C12H25NO. The van der Waals surface area contributed by atoms with Crippen molar-refractivity contribution in [3.63, 3.8) is 0 Å². The molecule has 1 rings (SSSR count). The van der Waals surface area contributed by atoms with E-state index in [0.717, 1.165) is 38.1 Å². The lowest BCUT2D eigenvalue weighted by Gasteiger charge is -2.27. The van der Waals surface area contributed by atoms with Gasteiger partial charge in [0, 0.05) is 6.04 Å². The summed E-state index contributed by atoms with van der Waals surface area (Å²) >= 11 is 0. The van der Waals surface area contributed by atoms with Crippen molar-refractivity contribution in [2.24, 2.45) is 5.92 Å². The first-order valence-corrected chi connectivity index (χ1v) is 6.17. The van der Waals surface area contributed by atoms with Gasteiger partial charge in [0.25, 0.3) is 0 Å². The maximum Gasteiger partial charge on any atom is 0.0541 e. The van der Waals surface area contributed by atoms with Crippen LogP contribution in [0.15, 0.2) is 0 Å². The lowest BCUT2D eigenvalue weighted by atomic mass is 9.92. The van der Waals surface area contributed by atoms with E-state index in [9.17, 15) is 5.11 Å². The highest BCUT2D eigenvalue weighted by molar-refractivity contribution is 4.77. The van der Waals surface area contributed by atoms with Crippen LogP contribution in [0.3, 0.4) is 0 Å². The monoisotopic (exact) mass is 199 g/mol. The topological polar surface area (TPSA) is 32.3 Å². The van der Waals surface area contributed by atoms with E-state index in [0.29, 0.717) is 6.04 Å². The molecule has 84 valence electrons. The van der Waals surface area contributed by atoms with Crippen LogP contribution in [0.4, 0.5) is 0 Å². The van der Waals surface area contributed by atoms with E-state index in [1.54, 1.807) is 0 Å². The molecule has 1 saturated carbocycles. The molecule has 0 bridgehead atoms. The molecule has 0 aromatic heterocycles. The molecule has 0 radical (unpaired) electrons. The lowest BCUT2D eigenvalue weighted by Crippen LogP contribution is -2.37. The third-order valence-corrected chi connectivity index (χ3v) is 3.55. The van der Waals surface area contributed by atoms with Gasteiger partial charge in [0.15, 0.2) is 0 Å². The number of aliphatic hydroxyl groups is 1. The van der Waals surface area contributed by atoms with Crippen LogP contribution >= 0.6 is 0 Å². The molecule has 0 unspecified atom stereocenters. The Kier molecular flexibility index (Phi) is 5.49. The molecule has 0 spiro atoms. The Morgan fingerprint density at radius 3 is 2.21 bits per heavy atom. The highest BCUT2D eigenvalue weighted by atomic mass is 16.3. The van der Waals surface area contributed by atoms with Gasteiger partial charge in [-0.15, -0.1) is 0 Å². The van der Waals surface area contributed by atoms with E-state index in [1.807, 2.05) is 0 Å². The Balaban J connectivity index is 2.12. The number of rotatable bonds is 5. The molecule has 2 nitrogen and oxygen atoms in total. The SMILES string of the molecule is CCC(CC)CNC1CCC(O)CC1. The first-order valence-electron chi connectivity index (χ1n) is 6.17. The van der Waals surface area contributed by atoms with Gasteiger partial charge in [-0.2, -0.15) is 0 Å². The zero-order valence-corrected chi connectivity index (χ0v) is 9.63. The van der Waals surface area contributed by atoms with Gasteiger partial charge in [0.05, 0.1) is 6.10 Å². The van der Waals surface area contributed by atoms with Crippen LogP contribution in [0, 0.1) is 5.92 Å². The van der Waals surface area contributed by atoms with Gasteiger partial charge in [-0.1, -0.05) is 26.7 Å². The summed E-state index contributed by atoms with van der Waals surface area (Å²) in [6.45, 7) is 5.69. The Labute approximate surface area is 88.1 Å². The van der Waals surface area contributed by atoms with Gasteiger partial charge in [-0.3, -0.25) is 0 Å². The van der Waals surface area contributed by atoms with Crippen LogP contribution in [0.2, 0.25) is 0 Å². The fourth-order valence-electron chi connectivity index (χ4n) is 2.19. The van der Waals surface area contributed by atoms with Gasteiger partial charge >= 0.3 is 0 Å². The number of hydrogen-bond donors (Lipinski definition) is 2. The van der Waals surface area contributed by atoms with E-state index in [2.05, 4.69) is 19.2 Å². The average Bonchev–Trinajstić information content (AvgIpc) is 2.22. The van der Waals surface area contributed by atoms with Gasteiger partial charge < -0.3 is 10.4 Å². The minimum absolute atomic E-state index is 0.0267. The molecule has 0 aromatic rings. The minimum Gasteiger partial charge on any atom is -0.393 e. The fourth-order valence-corrected chi connectivity index (χ4v) is 2.19. The average molecular weight is 199 g/mol. The van der Waals surface area contributed by atoms with E-state index in [1.165, 1.54) is 12.8 Å². The van der Waals surface area contributed by atoms with Gasteiger partial charge in [-0.05, 0) is 38.1 Å². The smallest absolute Gasteiger partial charge is 0.0541 e. The van der Waals surface area contributed by atoms with Crippen molar-refractivity contribution < 1.29 is 5.11 Å². The first-order chi connectivity index (χ1) is 6.76. The van der Waals surface area contributed by atoms with Crippen molar-refractivity contribution in [1.29, 1.82) is 0 Å². The zero-order valence-electron chi connectivity index (χ0n) is 9.63. The van der Waals surface area contributed by atoms with Gasteiger partial charge in [-0.25, -0.2) is 0 Å². The highest BCUT2D eigenvalue weighted by Gasteiger charge is 2.19. The maximum atomic E-state index is 9.37. The summed E-state index contributed by atoms with van der Waals surface area (Å²) < 4.78 is 0. The molecule has 0 amide bonds. The second kappa shape index (κ2) is 6.41. The van der Waals surface area contributed by atoms with Crippen molar-refractivity contribution in [2.45, 2.75) is 64.5 Å². The summed E-state index contributed by atoms with van der Waals surface area (Å²) in [6.07, 6.45) is 6.81. The van der Waals surface area contributed by atoms with E-state index >= 15 is 0 Å². The second-order valence-electron chi connectivity index (χ2n) is 4.60. The van der Waals surface area contributed by atoms with Crippen molar-refractivity contribution in [1.82, 2.24) is 5.32 Å². The Bertz CT molecular complexity index is 137. The molecule has 1 aliphatic rings. The molecule has 2 heteroatoms. The van der Waals surface area contributed by atoms with E-state index in [4.69, 9.17) is 0 Å². The molecule has 0 aliphatic heterocycles. The summed E-state index contributed by atoms with van der Waals surface area (Å²) in [5, 5.41) is 13.0. The van der Waals surface area contributed by atoms with Crippen LogP contribution in [-0.2, 0) is 0 Å². The third-order valence-electron chi connectivity index (χ3n) is 3.55. The predicted octanol–water partition coefficient (Wildman–Crippen LogP) is 2.32. The molecular weight excluding hydrogens is 174 g/mol. The number of hydrogen-bond acceptors (Lipinski definition) is 2. The summed E-state index contributed by atoms with van der Waals surface area (Å²) in [4.78, 5) is 0. The second-order valence-corrected chi connectivity index (χ2v) is 4.60. The standard InChI is InChI=1S/C12H25NO/c1-3-10(4-2)9-13-11-5-7-12(14)8-6-11/h10-14H,3-9H2,1-2H3. The highest BCUT2D eigenvalue weighted by Crippen LogP contribution is 2.18. The molecule has 1 aliphatic carbocycles. The normalized spacial score (nSPS) is 28.3. The summed E-state index contributed by atoms with van der Waals surface area (Å²) in [5.74, 6) is 0.835. The van der Waals surface area contributed by atoms with Crippen molar-refractivity contribution in [2.75, 3.05) is 6.54 Å². The summed E-state index contributed by atoms with van der Waals surface area (Å²) in [7, 11) is 0. The van der Waals surface area contributed by atoms with Crippen molar-refractivity contribution >= 4 is 0 Å². The van der Waals surface area contributed by atoms with Crippen molar-refractivity contribution in [3.05, 3.63) is 0 Å². The molecule has 1 fully saturated rings. The molecule has 0 aromatic carbocycles. The van der Waals surface area contributed by atoms with Crippen LogP contribution in [0.1, 0.15) is 52.4 Å². The van der Waals surface area contributed by atoms with Gasteiger partial charge in [0.1, 0.15) is 0 Å². The number of nitrogens with one attached hydrogen (secondary N) is 1. The molecule has 2 N–H and O–H groups in total. The Morgan fingerprint density at radius 1 is 1.14 bits per heavy atom. The Morgan fingerprint density at radius 2 is 1.71 bits per heavy atom. The van der Waals surface area contributed by atoms with Crippen LogP contribution in [0.25, 0.3) is 0 Å². The zero-order chi connectivity index (χ0) is 10.4. The van der Waals surface area contributed by atoms with E-state index < -0.39 is 0 Å². The Hall–Kier alpha value is -0.0800. The first kappa shape index (κ1) is 12.0. The largest absolute Gasteiger partial charge is 0.393 e. The predicted molar refractivity (Wildman–Crippen MR) is 60.3 cm³/mol. The quantitative estimate of drug-likeness (QED) is 0.712.